The first-order chi connectivity index (χ1) is 13.9. The summed E-state index contributed by atoms with van der Waals surface area (Å²) in [4.78, 5) is 12.1. The molecule has 1 saturated heterocycles. The molecule has 0 amide bonds. The molecule has 0 aliphatic carbocycles. The van der Waals surface area contributed by atoms with Crippen molar-refractivity contribution in [1.82, 2.24) is 4.31 Å². The zero-order valence-corrected chi connectivity index (χ0v) is 17.9. The number of esters is 1. The number of carbonyl (C=O) groups is 1. The van der Waals surface area contributed by atoms with Crippen molar-refractivity contribution in [3.63, 3.8) is 0 Å². The van der Waals surface area contributed by atoms with Crippen LogP contribution in [0.25, 0.3) is 0 Å². The third-order valence-electron chi connectivity index (χ3n) is 5.43. The Morgan fingerprint density at radius 2 is 1.79 bits per heavy atom. The molecule has 0 aromatic heterocycles. The first kappa shape index (κ1) is 21.5. The monoisotopic (exact) mass is 415 g/mol. The van der Waals surface area contributed by atoms with E-state index in [9.17, 15) is 13.2 Å². The Morgan fingerprint density at radius 3 is 2.45 bits per heavy atom. The lowest BCUT2D eigenvalue weighted by atomic mass is 9.95. The predicted molar refractivity (Wildman–Crippen MR) is 113 cm³/mol. The number of hydrogen-bond donors (Lipinski definition) is 0. The van der Waals surface area contributed by atoms with Gasteiger partial charge in [-0.1, -0.05) is 54.4 Å². The molecule has 0 bridgehead atoms. The first-order valence-corrected chi connectivity index (χ1v) is 11.6. The Hall–Kier alpha value is -2.18. The standard InChI is InChI=1S/C23H29NO4S/c1-18-11-14-21(15-12-18)29(26,27)24-17-7-6-10-22(24)23(28-19(2)25)16-13-20-8-4-3-5-9-20/h3-5,8-9,11-12,14-15,22-23H,6-7,10,13,16-17H2,1-2H3/t22-,23?/m0/s1. The van der Waals surface area contributed by atoms with Crippen molar-refractivity contribution in [3.05, 3.63) is 65.7 Å². The summed E-state index contributed by atoms with van der Waals surface area (Å²) in [6.45, 7) is 3.77. The maximum Gasteiger partial charge on any atom is 0.302 e. The van der Waals surface area contributed by atoms with Crippen LogP contribution in [-0.4, -0.2) is 37.4 Å². The number of sulfonamides is 1. The van der Waals surface area contributed by atoms with Gasteiger partial charge in [0.05, 0.1) is 10.9 Å². The number of hydrogen-bond acceptors (Lipinski definition) is 4. The molecule has 2 aromatic rings. The van der Waals surface area contributed by atoms with Crippen LogP contribution in [0.1, 0.15) is 43.7 Å². The highest BCUT2D eigenvalue weighted by Gasteiger charge is 2.39. The van der Waals surface area contributed by atoms with Crippen LogP contribution in [0.2, 0.25) is 0 Å². The lowest BCUT2D eigenvalue weighted by Gasteiger charge is -2.39. The van der Waals surface area contributed by atoms with Crippen molar-refractivity contribution in [3.8, 4) is 0 Å². The topological polar surface area (TPSA) is 63.7 Å². The third-order valence-corrected chi connectivity index (χ3v) is 7.37. The van der Waals surface area contributed by atoms with Crippen LogP contribution in [0.5, 0.6) is 0 Å². The highest BCUT2D eigenvalue weighted by Crippen LogP contribution is 2.30. The summed E-state index contributed by atoms with van der Waals surface area (Å²) in [6, 6.07) is 16.6. The van der Waals surface area contributed by atoms with Crippen molar-refractivity contribution in [2.45, 2.75) is 63.0 Å². The van der Waals surface area contributed by atoms with Crippen molar-refractivity contribution < 1.29 is 17.9 Å². The molecule has 0 N–H and O–H groups in total. The summed E-state index contributed by atoms with van der Waals surface area (Å²) < 4.78 is 33.9. The molecule has 2 atom stereocenters. The molecule has 2 aromatic carbocycles. The van der Waals surface area contributed by atoms with E-state index in [1.807, 2.05) is 49.4 Å². The van der Waals surface area contributed by atoms with Gasteiger partial charge in [0.1, 0.15) is 6.10 Å². The summed E-state index contributed by atoms with van der Waals surface area (Å²) in [7, 11) is -3.65. The van der Waals surface area contributed by atoms with Crippen LogP contribution in [0, 0.1) is 6.92 Å². The number of piperidine rings is 1. The largest absolute Gasteiger partial charge is 0.461 e. The molecule has 1 heterocycles. The van der Waals surface area contributed by atoms with Gasteiger partial charge in [-0.2, -0.15) is 4.31 Å². The number of nitrogens with zero attached hydrogens (tertiary/aromatic N) is 1. The van der Waals surface area contributed by atoms with E-state index in [1.165, 1.54) is 6.92 Å². The smallest absolute Gasteiger partial charge is 0.302 e. The number of benzene rings is 2. The lowest BCUT2D eigenvalue weighted by Crippen LogP contribution is -2.51. The highest BCUT2D eigenvalue weighted by molar-refractivity contribution is 7.89. The van der Waals surface area contributed by atoms with Gasteiger partial charge in [0.2, 0.25) is 10.0 Å². The van der Waals surface area contributed by atoms with Gasteiger partial charge in [-0.25, -0.2) is 8.42 Å². The Kier molecular flexibility index (Phi) is 7.09. The Morgan fingerprint density at radius 1 is 1.10 bits per heavy atom. The fourth-order valence-corrected chi connectivity index (χ4v) is 5.66. The summed E-state index contributed by atoms with van der Waals surface area (Å²) in [6.07, 6.45) is 3.29. The average molecular weight is 416 g/mol. The number of rotatable bonds is 7. The molecule has 5 nitrogen and oxygen atoms in total. The lowest BCUT2D eigenvalue weighted by molar-refractivity contribution is -0.150. The molecule has 1 aliphatic heterocycles. The van der Waals surface area contributed by atoms with E-state index in [-0.39, 0.29) is 12.0 Å². The van der Waals surface area contributed by atoms with Gasteiger partial charge in [-0.15, -0.1) is 0 Å². The minimum atomic E-state index is -3.65. The zero-order valence-electron chi connectivity index (χ0n) is 17.1. The van der Waals surface area contributed by atoms with Crippen molar-refractivity contribution in [2.75, 3.05) is 6.54 Å². The molecule has 1 unspecified atom stereocenters. The zero-order chi connectivity index (χ0) is 20.9. The Labute approximate surface area is 173 Å². The minimum Gasteiger partial charge on any atom is -0.461 e. The van der Waals surface area contributed by atoms with E-state index in [4.69, 9.17) is 4.74 Å². The normalized spacial score (nSPS) is 18.9. The maximum atomic E-state index is 13.4. The van der Waals surface area contributed by atoms with E-state index < -0.39 is 16.1 Å². The van der Waals surface area contributed by atoms with Crippen LogP contribution in [0.15, 0.2) is 59.5 Å². The van der Waals surface area contributed by atoms with Gasteiger partial charge in [-0.3, -0.25) is 4.79 Å². The molecule has 1 fully saturated rings. The summed E-state index contributed by atoms with van der Waals surface area (Å²) in [5.41, 5.74) is 2.16. The van der Waals surface area contributed by atoms with Crippen LogP contribution in [0.3, 0.4) is 0 Å². The molecular formula is C23H29NO4S. The number of carbonyl (C=O) groups excluding carboxylic acids is 1. The van der Waals surface area contributed by atoms with Gasteiger partial charge >= 0.3 is 5.97 Å². The predicted octanol–water partition coefficient (Wildman–Crippen LogP) is 4.10. The van der Waals surface area contributed by atoms with Crippen molar-refractivity contribution in [2.24, 2.45) is 0 Å². The molecule has 0 radical (unpaired) electrons. The van der Waals surface area contributed by atoms with Gasteiger partial charge in [0.15, 0.2) is 0 Å². The van der Waals surface area contributed by atoms with E-state index in [2.05, 4.69) is 0 Å². The van der Waals surface area contributed by atoms with Crippen molar-refractivity contribution in [1.29, 1.82) is 0 Å². The molecule has 0 spiro atoms. The summed E-state index contributed by atoms with van der Waals surface area (Å²) >= 11 is 0. The van der Waals surface area contributed by atoms with Gasteiger partial charge in [-0.05, 0) is 50.3 Å². The van der Waals surface area contributed by atoms with Gasteiger partial charge in [0, 0.05) is 13.5 Å². The first-order valence-electron chi connectivity index (χ1n) is 10.2. The molecule has 0 saturated carbocycles. The van der Waals surface area contributed by atoms with E-state index in [1.54, 1.807) is 16.4 Å². The molecule has 3 rings (SSSR count). The molecule has 6 heteroatoms. The second-order valence-electron chi connectivity index (χ2n) is 7.66. The highest BCUT2D eigenvalue weighted by atomic mass is 32.2. The number of aryl methyl sites for hydroxylation is 2. The Bertz CT molecular complexity index is 910. The molecule has 29 heavy (non-hydrogen) atoms. The van der Waals surface area contributed by atoms with E-state index in [0.717, 1.165) is 30.4 Å². The van der Waals surface area contributed by atoms with Crippen LogP contribution >= 0.6 is 0 Å². The fourth-order valence-electron chi connectivity index (χ4n) is 3.94. The molecular weight excluding hydrogens is 386 g/mol. The average Bonchev–Trinajstić information content (AvgIpc) is 2.72. The van der Waals surface area contributed by atoms with E-state index in [0.29, 0.717) is 24.3 Å². The fraction of sp³-hybridized carbons (Fsp3) is 0.435. The molecule has 1 aliphatic rings. The second-order valence-corrected chi connectivity index (χ2v) is 9.55. The van der Waals surface area contributed by atoms with Crippen LogP contribution < -0.4 is 0 Å². The van der Waals surface area contributed by atoms with E-state index >= 15 is 0 Å². The van der Waals surface area contributed by atoms with Gasteiger partial charge in [0.25, 0.3) is 0 Å². The molecule has 156 valence electrons. The quantitative estimate of drug-likeness (QED) is 0.639. The number of ether oxygens (including phenoxy) is 1. The van der Waals surface area contributed by atoms with Crippen LogP contribution in [0.4, 0.5) is 0 Å². The second kappa shape index (κ2) is 9.55. The SMILES string of the molecule is CC(=O)OC(CCc1ccccc1)[C@@H]1CCCCN1S(=O)(=O)c1ccc(C)cc1. The van der Waals surface area contributed by atoms with Crippen molar-refractivity contribution >= 4 is 16.0 Å². The Balaban J connectivity index is 1.85. The maximum absolute atomic E-state index is 13.4. The third kappa shape index (κ3) is 5.46. The van der Waals surface area contributed by atoms with Gasteiger partial charge < -0.3 is 4.74 Å². The summed E-state index contributed by atoms with van der Waals surface area (Å²) in [5, 5.41) is 0. The van der Waals surface area contributed by atoms with Crippen LogP contribution in [-0.2, 0) is 26.0 Å². The minimum absolute atomic E-state index is 0.291. The summed E-state index contributed by atoms with van der Waals surface area (Å²) in [5.74, 6) is -0.374.